The first kappa shape index (κ1) is 15.5. The van der Waals surface area contributed by atoms with Crippen LogP contribution in [0.25, 0.3) is 0 Å². The second-order valence-corrected chi connectivity index (χ2v) is 5.69. The molecule has 2 unspecified atom stereocenters. The Morgan fingerprint density at radius 3 is 2.56 bits per heavy atom. The van der Waals surface area contributed by atoms with Gasteiger partial charge in [-0.25, -0.2) is 0 Å². The number of halogens is 1. The Labute approximate surface area is 117 Å². The van der Waals surface area contributed by atoms with Gasteiger partial charge in [0.05, 0.1) is 0 Å². The highest BCUT2D eigenvalue weighted by Gasteiger charge is 2.15. The Balaban J connectivity index is 2.65. The van der Waals surface area contributed by atoms with Crippen molar-refractivity contribution in [3.8, 4) is 0 Å². The topological polar surface area (TPSA) is 26.0 Å². The van der Waals surface area contributed by atoms with Crippen LogP contribution in [-0.2, 0) is 0 Å². The monoisotopic (exact) mass is 267 g/mol. The van der Waals surface area contributed by atoms with E-state index in [1.807, 2.05) is 6.07 Å². The van der Waals surface area contributed by atoms with Crippen LogP contribution in [0.15, 0.2) is 18.2 Å². The Bertz CT molecular complexity index is 362. The Kier molecular flexibility index (Phi) is 6.73. The van der Waals surface area contributed by atoms with E-state index in [0.29, 0.717) is 0 Å². The lowest BCUT2D eigenvalue weighted by molar-refractivity contribution is 0.388. The predicted molar refractivity (Wildman–Crippen MR) is 81.0 cm³/mol. The third-order valence-electron chi connectivity index (χ3n) is 3.69. The summed E-state index contributed by atoms with van der Waals surface area (Å²) in [5.41, 5.74) is 8.59. The molecule has 0 aliphatic carbocycles. The van der Waals surface area contributed by atoms with E-state index in [9.17, 15) is 0 Å². The van der Waals surface area contributed by atoms with Crippen LogP contribution >= 0.6 is 11.6 Å². The molecule has 0 radical (unpaired) electrons. The first-order chi connectivity index (χ1) is 8.58. The molecule has 0 heterocycles. The van der Waals surface area contributed by atoms with E-state index in [1.54, 1.807) is 0 Å². The van der Waals surface area contributed by atoms with Gasteiger partial charge in [0.2, 0.25) is 0 Å². The molecule has 0 aromatic heterocycles. The van der Waals surface area contributed by atoms with E-state index in [-0.39, 0.29) is 6.04 Å². The normalized spacial score (nSPS) is 14.5. The number of hydrogen-bond donors (Lipinski definition) is 1. The van der Waals surface area contributed by atoms with Gasteiger partial charge in [-0.15, -0.1) is 0 Å². The van der Waals surface area contributed by atoms with E-state index in [0.717, 1.165) is 22.9 Å². The molecule has 1 aromatic carbocycles. The second-order valence-electron chi connectivity index (χ2n) is 5.28. The van der Waals surface area contributed by atoms with Crippen molar-refractivity contribution in [1.82, 2.24) is 0 Å². The quantitative estimate of drug-likeness (QED) is 0.717. The summed E-state index contributed by atoms with van der Waals surface area (Å²) in [6.45, 7) is 6.55. The van der Waals surface area contributed by atoms with Crippen LogP contribution in [0.4, 0.5) is 0 Å². The number of aryl methyl sites for hydroxylation is 1. The first-order valence-electron chi connectivity index (χ1n) is 7.10. The molecule has 0 saturated carbocycles. The van der Waals surface area contributed by atoms with Crippen LogP contribution in [0.5, 0.6) is 0 Å². The van der Waals surface area contributed by atoms with Gasteiger partial charge in [0.1, 0.15) is 0 Å². The molecule has 0 aliphatic heterocycles. The third kappa shape index (κ3) is 4.62. The Morgan fingerprint density at radius 1 is 1.28 bits per heavy atom. The molecule has 0 bridgehead atoms. The van der Waals surface area contributed by atoms with E-state index < -0.39 is 0 Å². The zero-order valence-electron chi connectivity index (χ0n) is 11.9. The minimum atomic E-state index is 0.0694. The summed E-state index contributed by atoms with van der Waals surface area (Å²) < 4.78 is 0. The molecule has 2 heteroatoms. The SMILES string of the molecule is CCCCC(CC)CC(N)c1ccc(C)cc1Cl. The summed E-state index contributed by atoms with van der Waals surface area (Å²) in [5.74, 6) is 0.720. The summed E-state index contributed by atoms with van der Waals surface area (Å²) in [7, 11) is 0. The zero-order valence-corrected chi connectivity index (χ0v) is 12.6. The molecule has 1 nitrogen and oxygen atoms in total. The smallest absolute Gasteiger partial charge is 0.0456 e. The Morgan fingerprint density at radius 2 is 2.00 bits per heavy atom. The summed E-state index contributed by atoms with van der Waals surface area (Å²) in [5, 5.41) is 0.813. The van der Waals surface area contributed by atoms with Crippen molar-refractivity contribution in [2.24, 2.45) is 11.7 Å². The molecule has 0 spiro atoms. The lowest BCUT2D eigenvalue weighted by Crippen LogP contribution is -2.16. The number of rotatable bonds is 7. The van der Waals surface area contributed by atoms with Crippen LogP contribution in [0, 0.1) is 12.8 Å². The zero-order chi connectivity index (χ0) is 13.5. The van der Waals surface area contributed by atoms with Gasteiger partial charge >= 0.3 is 0 Å². The molecule has 1 rings (SSSR count). The average molecular weight is 268 g/mol. The number of nitrogens with two attached hydrogens (primary N) is 1. The van der Waals surface area contributed by atoms with E-state index in [1.165, 1.54) is 31.2 Å². The van der Waals surface area contributed by atoms with Crippen molar-refractivity contribution in [3.05, 3.63) is 34.3 Å². The van der Waals surface area contributed by atoms with Gasteiger partial charge in [-0.2, -0.15) is 0 Å². The van der Waals surface area contributed by atoms with Crippen LogP contribution in [0.2, 0.25) is 5.02 Å². The largest absolute Gasteiger partial charge is 0.324 e. The van der Waals surface area contributed by atoms with Crippen molar-refractivity contribution in [1.29, 1.82) is 0 Å². The Hall–Kier alpha value is -0.530. The minimum absolute atomic E-state index is 0.0694. The average Bonchev–Trinajstić information content (AvgIpc) is 2.34. The van der Waals surface area contributed by atoms with Gasteiger partial charge in [-0.3, -0.25) is 0 Å². The van der Waals surface area contributed by atoms with Crippen molar-refractivity contribution in [2.75, 3.05) is 0 Å². The van der Waals surface area contributed by atoms with Crippen LogP contribution in [0.1, 0.15) is 63.1 Å². The highest BCUT2D eigenvalue weighted by Crippen LogP contribution is 2.29. The third-order valence-corrected chi connectivity index (χ3v) is 4.01. The fraction of sp³-hybridized carbons (Fsp3) is 0.625. The summed E-state index contributed by atoms with van der Waals surface area (Å²) >= 11 is 6.28. The molecule has 2 atom stereocenters. The molecule has 18 heavy (non-hydrogen) atoms. The molecule has 0 fully saturated rings. The van der Waals surface area contributed by atoms with Crippen molar-refractivity contribution in [3.63, 3.8) is 0 Å². The predicted octanol–water partition coefficient (Wildman–Crippen LogP) is 5.25. The van der Waals surface area contributed by atoms with Gasteiger partial charge < -0.3 is 5.73 Å². The van der Waals surface area contributed by atoms with Crippen molar-refractivity contribution < 1.29 is 0 Å². The summed E-state index contributed by atoms with van der Waals surface area (Å²) in [6.07, 6.45) is 6.09. The molecule has 0 aliphatic rings. The first-order valence-corrected chi connectivity index (χ1v) is 7.47. The van der Waals surface area contributed by atoms with Crippen molar-refractivity contribution in [2.45, 2.75) is 58.9 Å². The molecule has 1 aromatic rings. The van der Waals surface area contributed by atoms with Crippen molar-refractivity contribution >= 4 is 11.6 Å². The number of unbranched alkanes of at least 4 members (excludes halogenated alkanes) is 1. The highest BCUT2D eigenvalue weighted by molar-refractivity contribution is 6.31. The molecule has 102 valence electrons. The lowest BCUT2D eigenvalue weighted by Gasteiger charge is -2.21. The van der Waals surface area contributed by atoms with E-state index in [4.69, 9.17) is 17.3 Å². The number of benzene rings is 1. The van der Waals surface area contributed by atoms with E-state index >= 15 is 0 Å². The van der Waals surface area contributed by atoms with Crippen LogP contribution < -0.4 is 5.73 Å². The maximum Gasteiger partial charge on any atom is 0.0456 e. The maximum atomic E-state index is 6.31. The highest BCUT2D eigenvalue weighted by atomic mass is 35.5. The van der Waals surface area contributed by atoms with Gasteiger partial charge in [0.15, 0.2) is 0 Å². The van der Waals surface area contributed by atoms with Gasteiger partial charge in [-0.1, -0.05) is 63.3 Å². The fourth-order valence-electron chi connectivity index (χ4n) is 2.40. The van der Waals surface area contributed by atoms with Crippen LogP contribution in [-0.4, -0.2) is 0 Å². The summed E-state index contributed by atoms with van der Waals surface area (Å²) in [6, 6.07) is 6.24. The van der Waals surface area contributed by atoms with Gasteiger partial charge in [-0.05, 0) is 36.5 Å². The van der Waals surface area contributed by atoms with E-state index in [2.05, 4.69) is 32.9 Å². The van der Waals surface area contributed by atoms with Gasteiger partial charge in [0, 0.05) is 11.1 Å². The standard InChI is InChI=1S/C16H26ClN/c1-4-6-7-13(5-2)11-16(18)14-9-8-12(3)10-15(14)17/h8-10,13,16H,4-7,11,18H2,1-3H3. The van der Waals surface area contributed by atoms with Crippen LogP contribution in [0.3, 0.4) is 0 Å². The van der Waals surface area contributed by atoms with Gasteiger partial charge in [0.25, 0.3) is 0 Å². The molecule has 0 saturated heterocycles. The molecule has 0 amide bonds. The molecular formula is C16H26ClN. The molecule has 2 N–H and O–H groups in total. The molecular weight excluding hydrogens is 242 g/mol. The fourth-order valence-corrected chi connectivity index (χ4v) is 2.78. The maximum absolute atomic E-state index is 6.31. The summed E-state index contributed by atoms with van der Waals surface area (Å²) in [4.78, 5) is 0. The second kappa shape index (κ2) is 7.81. The lowest BCUT2D eigenvalue weighted by atomic mass is 9.89. The number of hydrogen-bond acceptors (Lipinski definition) is 1. The minimum Gasteiger partial charge on any atom is -0.324 e.